The molecule has 4 heteroatoms. The van der Waals surface area contributed by atoms with E-state index in [0.717, 1.165) is 5.88 Å². The molecule has 1 saturated heterocycles. The van der Waals surface area contributed by atoms with E-state index in [1.54, 1.807) is 0 Å². The Hall–Kier alpha value is -0.830. The first kappa shape index (κ1) is 13.2. The Balaban J connectivity index is 0.000000255. The highest BCUT2D eigenvalue weighted by atomic mass is 35.5. The van der Waals surface area contributed by atoms with Crippen LogP contribution in [0.3, 0.4) is 0 Å². The summed E-state index contributed by atoms with van der Waals surface area (Å²) in [6, 6.07) is 0. The van der Waals surface area contributed by atoms with E-state index < -0.39 is 11.9 Å². The second-order valence-electron chi connectivity index (χ2n) is 2.94. The number of ether oxygens (including phenoxy) is 1. The van der Waals surface area contributed by atoms with Crippen LogP contribution in [0.15, 0.2) is 12.2 Å². The molecule has 0 atom stereocenters. The maximum Gasteiger partial charge on any atom is 0.341 e. The normalized spacial score (nSPS) is 14.9. The van der Waals surface area contributed by atoms with Gasteiger partial charge in [0.1, 0.15) is 0 Å². The molecule has 0 aromatic heterocycles. The quantitative estimate of drug-likeness (QED) is 0.240. The summed E-state index contributed by atoms with van der Waals surface area (Å²) in [5.41, 5.74) is 0.245. The fourth-order valence-electron chi connectivity index (χ4n) is 0.803. The Kier molecular flexibility index (Phi) is 7.11. The molecule has 0 radical (unpaired) electrons. The molecule has 0 bridgehead atoms. The third-order valence-corrected chi connectivity index (χ3v) is 1.86. The molecular formula is C10H15ClO3. The van der Waals surface area contributed by atoms with Crippen molar-refractivity contribution in [3.63, 3.8) is 0 Å². The third kappa shape index (κ3) is 5.75. The summed E-state index contributed by atoms with van der Waals surface area (Å²) in [4.78, 5) is 20.4. The van der Waals surface area contributed by atoms with Gasteiger partial charge in [0.15, 0.2) is 0 Å². The van der Waals surface area contributed by atoms with Gasteiger partial charge in [0.2, 0.25) is 0 Å². The first-order valence-electron chi connectivity index (χ1n) is 4.60. The lowest BCUT2D eigenvalue weighted by molar-refractivity contribution is -0.151. The minimum Gasteiger partial charge on any atom is -0.389 e. The van der Waals surface area contributed by atoms with Gasteiger partial charge in [-0.25, -0.2) is 4.79 Å². The van der Waals surface area contributed by atoms with Crippen molar-refractivity contribution < 1.29 is 14.3 Å². The van der Waals surface area contributed by atoms with Crippen molar-refractivity contribution >= 4 is 23.5 Å². The van der Waals surface area contributed by atoms with Crippen LogP contribution in [0.1, 0.15) is 32.6 Å². The van der Waals surface area contributed by atoms with Crippen molar-refractivity contribution in [1.29, 1.82) is 0 Å². The summed E-state index contributed by atoms with van der Waals surface area (Å²) >= 11 is 5.38. The molecule has 0 aromatic rings. The van der Waals surface area contributed by atoms with Gasteiger partial charge in [-0.3, -0.25) is 4.79 Å². The summed E-state index contributed by atoms with van der Waals surface area (Å²) in [6.45, 7) is 5.46. The van der Waals surface area contributed by atoms with E-state index in [0.29, 0.717) is 0 Å². The van der Waals surface area contributed by atoms with Crippen molar-refractivity contribution in [2.75, 3.05) is 5.88 Å². The summed E-state index contributed by atoms with van der Waals surface area (Å²) in [7, 11) is 0. The minimum atomic E-state index is -0.588. The minimum absolute atomic E-state index is 0.0544. The Bertz CT molecular complexity index is 201. The van der Waals surface area contributed by atoms with Crippen molar-refractivity contribution in [3.8, 4) is 0 Å². The molecule has 0 aliphatic carbocycles. The van der Waals surface area contributed by atoms with Gasteiger partial charge in [0, 0.05) is 11.5 Å². The van der Waals surface area contributed by atoms with Crippen LogP contribution in [0, 0.1) is 0 Å². The molecule has 1 heterocycles. The first-order valence-corrected chi connectivity index (χ1v) is 5.14. The molecular weight excluding hydrogens is 204 g/mol. The van der Waals surface area contributed by atoms with Gasteiger partial charge >= 0.3 is 11.9 Å². The van der Waals surface area contributed by atoms with Gasteiger partial charge in [0.05, 0.1) is 6.42 Å². The smallest absolute Gasteiger partial charge is 0.341 e. The molecule has 1 rings (SSSR count). The maximum absolute atomic E-state index is 10.2. The van der Waals surface area contributed by atoms with Crippen molar-refractivity contribution in [2.24, 2.45) is 0 Å². The highest BCUT2D eigenvalue weighted by Crippen LogP contribution is 2.10. The number of rotatable bonds is 3. The summed E-state index contributed by atoms with van der Waals surface area (Å²) in [6.07, 6.45) is 3.78. The predicted octanol–water partition coefficient (Wildman–Crippen LogP) is 2.43. The SMILES string of the molecule is C=C1CC(=O)OC1=O.CCCCCCl. The molecule has 1 fully saturated rings. The third-order valence-electron chi connectivity index (χ3n) is 1.59. The van der Waals surface area contributed by atoms with E-state index in [-0.39, 0.29) is 12.0 Å². The highest BCUT2D eigenvalue weighted by Gasteiger charge is 2.24. The van der Waals surface area contributed by atoms with E-state index in [4.69, 9.17) is 11.6 Å². The Morgan fingerprint density at radius 3 is 2.21 bits per heavy atom. The van der Waals surface area contributed by atoms with Crippen molar-refractivity contribution in [1.82, 2.24) is 0 Å². The van der Waals surface area contributed by atoms with Crippen LogP contribution in [0.5, 0.6) is 0 Å². The average Bonchev–Trinajstić information content (AvgIpc) is 2.42. The Morgan fingerprint density at radius 1 is 1.43 bits per heavy atom. The number of cyclic esters (lactones) is 2. The number of hydrogen-bond donors (Lipinski definition) is 0. The molecule has 0 N–H and O–H groups in total. The van der Waals surface area contributed by atoms with E-state index in [2.05, 4.69) is 18.2 Å². The number of esters is 2. The van der Waals surface area contributed by atoms with Gasteiger partial charge in [-0.1, -0.05) is 26.3 Å². The molecule has 1 aliphatic rings. The zero-order valence-corrected chi connectivity index (χ0v) is 9.10. The lowest BCUT2D eigenvalue weighted by Gasteiger charge is -1.84. The number of unbranched alkanes of at least 4 members (excludes halogenated alkanes) is 2. The van der Waals surface area contributed by atoms with Gasteiger partial charge < -0.3 is 4.74 Å². The predicted molar refractivity (Wildman–Crippen MR) is 55.1 cm³/mol. The van der Waals surface area contributed by atoms with Crippen molar-refractivity contribution in [2.45, 2.75) is 32.6 Å². The summed E-state index contributed by atoms with van der Waals surface area (Å²) in [5.74, 6) is -0.261. The Labute approximate surface area is 89.1 Å². The highest BCUT2D eigenvalue weighted by molar-refractivity contribution is 6.17. The summed E-state index contributed by atoms with van der Waals surface area (Å²) in [5, 5.41) is 0. The lowest BCUT2D eigenvalue weighted by atomic mass is 10.3. The standard InChI is InChI=1S/C5H11Cl.C5H4O3/c1-2-3-4-5-6;1-3-2-4(6)8-5(3)7/h2-5H2,1H3;1-2H2. The zero-order chi connectivity index (χ0) is 11.0. The fraction of sp³-hybridized carbons (Fsp3) is 0.600. The van der Waals surface area contributed by atoms with Crippen LogP contribution < -0.4 is 0 Å². The number of carbonyl (C=O) groups excluding carboxylic acids is 2. The van der Waals surface area contributed by atoms with Crippen LogP contribution in [0.25, 0.3) is 0 Å². The lowest BCUT2D eigenvalue weighted by Crippen LogP contribution is -1.95. The zero-order valence-electron chi connectivity index (χ0n) is 8.35. The first-order chi connectivity index (χ1) is 6.61. The van der Waals surface area contributed by atoms with Gasteiger partial charge in [-0.15, -0.1) is 11.6 Å². The molecule has 0 aromatic carbocycles. The van der Waals surface area contributed by atoms with Crippen LogP contribution in [0.4, 0.5) is 0 Å². The molecule has 0 spiro atoms. The molecule has 0 unspecified atom stereocenters. The Morgan fingerprint density at radius 2 is 2.07 bits per heavy atom. The molecule has 14 heavy (non-hydrogen) atoms. The van der Waals surface area contributed by atoms with Crippen LogP contribution in [0.2, 0.25) is 0 Å². The van der Waals surface area contributed by atoms with Gasteiger partial charge in [-0.05, 0) is 6.42 Å². The topological polar surface area (TPSA) is 43.4 Å². The maximum atomic E-state index is 10.2. The van der Waals surface area contributed by atoms with Gasteiger partial charge in [0.25, 0.3) is 0 Å². The fourth-order valence-corrected chi connectivity index (χ4v) is 0.992. The second kappa shape index (κ2) is 7.56. The molecule has 1 aliphatic heterocycles. The average molecular weight is 219 g/mol. The number of carbonyl (C=O) groups is 2. The second-order valence-corrected chi connectivity index (χ2v) is 3.32. The van der Waals surface area contributed by atoms with Gasteiger partial charge in [-0.2, -0.15) is 0 Å². The van der Waals surface area contributed by atoms with Crippen LogP contribution in [-0.2, 0) is 14.3 Å². The number of halogens is 1. The molecule has 3 nitrogen and oxygen atoms in total. The van der Waals surface area contributed by atoms with Crippen LogP contribution in [-0.4, -0.2) is 17.8 Å². The van der Waals surface area contributed by atoms with E-state index in [9.17, 15) is 9.59 Å². The van der Waals surface area contributed by atoms with Crippen LogP contribution >= 0.6 is 11.6 Å². The molecule has 0 amide bonds. The largest absolute Gasteiger partial charge is 0.389 e. The molecule has 80 valence electrons. The van der Waals surface area contributed by atoms with E-state index in [1.165, 1.54) is 19.3 Å². The molecule has 0 saturated carbocycles. The monoisotopic (exact) mass is 218 g/mol. The van der Waals surface area contributed by atoms with E-state index in [1.807, 2.05) is 0 Å². The van der Waals surface area contributed by atoms with E-state index >= 15 is 0 Å². The summed E-state index contributed by atoms with van der Waals surface area (Å²) < 4.78 is 4.10. The number of hydrogen-bond acceptors (Lipinski definition) is 3. The number of alkyl halides is 1. The van der Waals surface area contributed by atoms with Crippen molar-refractivity contribution in [3.05, 3.63) is 12.2 Å².